The van der Waals surface area contributed by atoms with E-state index >= 15 is 0 Å². The molecule has 0 unspecified atom stereocenters. The highest BCUT2D eigenvalue weighted by atomic mass is 127. The van der Waals surface area contributed by atoms with Crippen LogP contribution in [-0.4, -0.2) is 29.2 Å². The summed E-state index contributed by atoms with van der Waals surface area (Å²) in [5, 5.41) is 3.63. The van der Waals surface area contributed by atoms with Gasteiger partial charge in [0, 0.05) is 9.97 Å². The predicted octanol–water partition coefficient (Wildman–Crippen LogP) is 1.72. The fourth-order valence-corrected chi connectivity index (χ4v) is 2.82. The fourth-order valence-electron chi connectivity index (χ4n) is 2.26. The molecule has 2 aliphatic heterocycles. The summed E-state index contributed by atoms with van der Waals surface area (Å²) in [5.74, 6) is 0. The second kappa shape index (κ2) is 3.80. The van der Waals surface area contributed by atoms with Gasteiger partial charge in [0.05, 0.1) is 12.7 Å². The Morgan fingerprint density at radius 3 is 3.00 bits per heavy atom. The number of rotatable bonds is 1. The SMILES string of the molecule is IC[C@@H]1C[C@]2(CCCCN2)CO1. The van der Waals surface area contributed by atoms with Crippen LogP contribution < -0.4 is 5.32 Å². The van der Waals surface area contributed by atoms with E-state index < -0.39 is 0 Å². The van der Waals surface area contributed by atoms with E-state index in [0.29, 0.717) is 11.6 Å². The number of nitrogens with one attached hydrogen (secondary N) is 1. The zero-order chi connectivity index (χ0) is 8.44. The molecule has 2 rings (SSSR count). The summed E-state index contributed by atoms with van der Waals surface area (Å²) in [5.41, 5.74) is 0.369. The lowest BCUT2D eigenvalue weighted by atomic mass is 9.87. The van der Waals surface area contributed by atoms with E-state index in [4.69, 9.17) is 4.74 Å². The number of alkyl halides is 1. The average Bonchev–Trinajstić information content (AvgIpc) is 2.50. The molecule has 12 heavy (non-hydrogen) atoms. The van der Waals surface area contributed by atoms with Crippen LogP contribution in [0.1, 0.15) is 25.7 Å². The fraction of sp³-hybridized carbons (Fsp3) is 1.00. The molecular formula is C9H16INO. The third-order valence-corrected chi connectivity index (χ3v) is 3.95. The minimum Gasteiger partial charge on any atom is -0.375 e. The highest BCUT2D eigenvalue weighted by molar-refractivity contribution is 14.1. The Morgan fingerprint density at radius 1 is 1.50 bits per heavy atom. The van der Waals surface area contributed by atoms with Crippen LogP contribution in [0.25, 0.3) is 0 Å². The Balaban J connectivity index is 1.94. The van der Waals surface area contributed by atoms with Gasteiger partial charge >= 0.3 is 0 Å². The molecule has 2 fully saturated rings. The van der Waals surface area contributed by atoms with E-state index in [9.17, 15) is 0 Å². The minimum absolute atomic E-state index is 0.369. The molecule has 1 spiro atoms. The van der Waals surface area contributed by atoms with Gasteiger partial charge in [0.1, 0.15) is 0 Å². The largest absolute Gasteiger partial charge is 0.375 e. The Bertz CT molecular complexity index is 157. The van der Waals surface area contributed by atoms with Gasteiger partial charge in [-0.1, -0.05) is 29.0 Å². The van der Waals surface area contributed by atoms with Crippen molar-refractivity contribution in [2.24, 2.45) is 0 Å². The van der Waals surface area contributed by atoms with Gasteiger partial charge in [-0.2, -0.15) is 0 Å². The van der Waals surface area contributed by atoms with Gasteiger partial charge in [0.25, 0.3) is 0 Å². The molecule has 0 bridgehead atoms. The standard InChI is InChI=1S/C9H16INO/c10-6-8-5-9(7-12-8)3-1-2-4-11-9/h8,11H,1-7H2/t8-,9+/m0/s1. The highest BCUT2D eigenvalue weighted by Crippen LogP contribution is 2.32. The van der Waals surface area contributed by atoms with Crippen molar-refractivity contribution in [1.29, 1.82) is 0 Å². The predicted molar refractivity (Wildman–Crippen MR) is 57.8 cm³/mol. The van der Waals surface area contributed by atoms with Crippen LogP contribution in [-0.2, 0) is 4.74 Å². The first-order valence-corrected chi connectivity index (χ1v) is 6.30. The zero-order valence-electron chi connectivity index (χ0n) is 7.31. The van der Waals surface area contributed by atoms with Crippen LogP contribution in [0, 0.1) is 0 Å². The molecule has 0 radical (unpaired) electrons. The third kappa shape index (κ3) is 1.77. The summed E-state index contributed by atoms with van der Waals surface area (Å²) in [6.07, 6.45) is 5.79. The van der Waals surface area contributed by atoms with Crippen LogP contribution >= 0.6 is 22.6 Å². The normalized spacial score (nSPS) is 42.2. The van der Waals surface area contributed by atoms with Crippen molar-refractivity contribution in [3.8, 4) is 0 Å². The quantitative estimate of drug-likeness (QED) is 0.584. The molecule has 2 atom stereocenters. The lowest BCUT2D eigenvalue weighted by Crippen LogP contribution is -2.49. The van der Waals surface area contributed by atoms with Gasteiger partial charge in [-0.05, 0) is 25.8 Å². The highest BCUT2D eigenvalue weighted by Gasteiger charge is 2.39. The molecule has 0 aromatic rings. The summed E-state index contributed by atoms with van der Waals surface area (Å²) in [6.45, 7) is 2.14. The van der Waals surface area contributed by atoms with Crippen molar-refractivity contribution >= 4 is 22.6 Å². The van der Waals surface area contributed by atoms with E-state index in [1.165, 1.54) is 32.2 Å². The maximum atomic E-state index is 5.73. The lowest BCUT2D eigenvalue weighted by Gasteiger charge is -2.33. The van der Waals surface area contributed by atoms with Gasteiger partial charge in [-0.15, -0.1) is 0 Å². The average molecular weight is 281 g/mol. The van der Waals surface area contributed by atoms with Gasteiger partial charge in [-0.3, -0.25) is 0 Å². The van der Waals surface area contributed by atoms with Crippen LogP contribution in [0.3, 0.4) is 0 Å². The van der Waals surface area contributed by atoms with Crippen molar-refractivity contribution in [1.82, 2.24) is 5.32 Å². The number of ether oxygens (including phenoxy) is 1. The van der Waals surface area contributed by atoms with Crippen LogP contribution in [0.4, 0.5) is 0 Å². The molecule has 0 aromatic heterocycles. The Morgan fingerprint density at radius 2 is 2.42 bits per heavy atom. The summed E-state index contributed by atoms with van der Waals surface area (Å²) in [6, 6.07) is 0. The molecule has 0 aliphatic carbocycles. The maximum absolute atomic E-state index is 5.73. The van der Waals surface area contributed by atoms with Crippen LogP contribution in [0.5, 0.6) is 0 Å². The molecule has 3 heteroatoms. The number of hydrogen-bond acceptors (Lipinski definition) is 2. The Kier molecular flexibility index (Phi) is 2.92. The Hall–Kier alpha value is 0.650. The molecular weight excluding hydrogens is 265 g/mol. The van der Waals surface area contributed by atoms with Crippen molar-refractivity contribution in [2.45, 2.75) is 37.3 Å². The first-order valence-electron chi connectivity index (χ1n) is 4.77. The van der Waals surface area contributed by atoms with E-state index in [2.05, 4.69) is 27.9 Å². The van der Waals surface area contributed by atoms with E-state index in [1.54, 1.807) is 0 Å². The molecule has 1 N–H and O–H groups in total. The minimum atomic E-state index is 0.369. The summed E-state index contributed by atoms with van der Waals surface area (Å²) in [4.78, 5) is 0. The van der Waals surface area contributed by atoms with Crippen molar-refractivity contribution in [3.63, 3.8) is 0 Å². The molecule has 0 amide bonds. The van der Waals surface area contributed by atoms with E-state index in [0.717, 1.165) is 11.0 Å². The summed E-state index contributed by atoms with van der Waals surface area (Å²) < 4.78 is 6.87. The number of piperidine rings is 1. The van der Waals surface area contributed by atoms with Gasteiger partial charge in [-0.25, -0.2) is 0 Å². The maximum Gasteiger partial charge on any atom is 0.0683 e. The zero-order valence-corrected chi connectivity index (χ0v) is 9.47. The second-order valence-electron chi connectivity index (χ2n) is 3.96. The van der Waals surface area contributed by atoms with E-state index in [1.807, 2.05) is 0 Å². The third-order valence-electron chi connectivity index (χ3n) is 2.97. The summed E-state index contributed by atoms with van der Waals surface area (Å²) >= 11 is 2.42. The molecule has 2 heterocycles. The molecule has 2 nitrogen and oxygen atoms in total. The van der Waals surface area contributed by atoms with Crippen LogP contribution in [0.2, 0.25) is 0 Å². The molecule has 2 saturated heterocycles. The number of hydrogen-bond donors (Lipinski definition) is 1. The second-order valence-corrected chi connectivity index (χ2v) is 4.84. The van der Waals surface area contributed by atoms with E-state index in [-0.39, 0.29) is 0 Å². The molecule has 0 saturated carbocycles. The topological polar surface area (TPSA) is 21.3 Å². The smallest absolute Gasteiger partial charge is 0.0683 e. The van der Waals surface area contributed by atoms with Gasteiger partial charge < -0.3 is 10.1 Å². The van der Waals surface area contributed by atoms with Crippen molar-refractivity contribution in [2.75, 3.05) is 17.6 Å². The molecule has 0 aromatic carbocycles. The monoisotopic (exact) mass is 281 g/mol. The molecule has 70 valence electrons. The lowest BCUT2D eigenvalue weighted by molar-refractivity contribution is 0.111. The number of halogens is 1. The molecule has 2 aliphatic rings. The Labute approximate surface area is 87.6 Å². The summed E-state index contributed by atoms with van der Waals surface area (Å²) in [7, 11) is 0. The van der Waals surface area contributed by atoms with Crippen molar-refractivity contribution < 1.29 is 4.74 Å². The van der Waals surface area contributed by atoms with Crippen LogP contribution in [0.15, 0.2) is 0 Å². The van der Waals surface area contributed by atoms with Gasteiger partial charge in [0.2, 0.25) is 0 Å². The van der Waals surface area contributed by atoms with Gasteiger partial charge in [0.15, 0.2) is 0 Å². The van der Waals surface area contributed by atoms with Crippen molar-refractivity contribution in [3.05, 3.63) is 0 Å². The first kappa shape index (κ1) is 9.21. The first-order chi connectivity index (χ1) is 5.85.